The van der Waals surface area contributed by atoms with E-state index in [0.717, 1.165) is 0 Å². The molecule has 0 aromatic heterocycles. The fraction of sp³-hybridized carbons (Fsp3) is 0.600. The van der Waals surface area contributed by atoms with Crippen LogP contribution in [-0.2, 0) is 0 Å². The molecular formula is C5H8IN. The molecule has 40 valence electrons. The lowest BCUT2D eigenvalue weighted by Gasteiger charge is -1.99. The summed E-state index contributed by atoms with van der Waals surface area (Å²) < 4.78 is 0.651. The monoisotopic (exact) mass is 209 g/mol. The Balaban J connectivity index is 2.42. The molecule has 1 unspecified atom stereocenters. The van der Waals surface area contributed by atoms with Crippen molar-refractivity contribution >= 4 is 22.6 Å². The maximum Gasteiger partial charge on any atom is 0.0813 e. The number of nitrogens with one attached hydrogen (secondary N) is 1. The Kier molecular flexibility index (Phi) is 1.57. The molecule has 0 aromatic rings. The fourth-order valence-electron chi connectivity index (χ4n) is 0.645. The Bertz CT molecular complexity index is 98.3. The van der Waals surface area contributed by atoms with Crippen LogP contribution in [0.5, 0.6) is 0 Å². The van der Waals surface area contributed by atoms with Crippen LogP contribution < -0.4 is 5.32 Å². The standard InChI is InChI=1S/C5H8IN/c1-4-2-3-5(6)7-4/h2,5,7H,3H2,1H3. The predicted molar refractivity (Wildman–Crippen MR) is 39.3 cm³/mol. The van der Waals surface area contributed by atoms with Crippen molar-refractivity contribution in [3.8, 4) is 0 Å². The predicted octanol–water partition coefficient (Wildman–Crippen LogP) is 1.64. The van der Waals surface area contributed by atoms with Gasteiger partial charge in [0, 0.05) is 5.70 Å². The molecule has 0 saturated carbocycles. The number of rotatable bonds is 0. The number of allylic oxidation sites excluding steroid dienone is 1. The van der Waals surface area contributed by atoms with Crippen LogP contribution in [0.1, 0.15) is 13.3 Å². The molecule has 1 N–H and O–H groups in total. The zero-order valence-corrected chi connectivity index (χ0v) is 6.40. The number of hydrogen-bond donors (Lipinski definition) is 1. The molecule has 0 aliphatic carbocycles. The summed E-state index contributed by atoms with van der Waals surface area (Å²) in [7, 11) is 0. The summed E-state index contributed by atoms with van der Waals surface area (Å²) in [6, 6.07) is 0. The van der Waals surface area contributed by atoms with Crippen molar-refractivity contribution in [2.24, 2.45) is 0 Å². The molecule has 7 heavy (non-hydrogen) atoms. The normalized spacial score (nSPS) is 29.4. The van der Waals surface area contributed by atoms with Crippen LogP contribution in [0.2, 0.25) is 0 Å². The van der Waals surface area contributed by atoms with Crippen molar-refractivity contribution in [1.29, 1.82) is 0 Å². The van der Waals surface area contributed by atoms with Crippen molar-refractivity contribution < 1.29 is 0 Å². The van der Waals surface area contributed by atoms with Crippen LogP contribution in [0, 0.1) is 0 Å². The summed E-state index contributed by atoms with van der Waals surface area (Å²) in [6.07, 6.45) is 3.41. The molecule has 0 spiro atoms. The Morgan fingerprint density at radius 2 is 2.71 bits per heavy atom. The Morgan fingerprint density at radius 3 is 2.86 bits per heavy atom. The topological polar surface area (TPSA) is 12.0 Å². The van der Waals surface area contributed by atoms with Gasteiger partial charge in [-0.1, -0.05) is 28.7 Å². The van der Waals surface area contributed by atoms with Gasteiger partial charge in [-0.25, -0.2) is 0 Å². The van der Waals surface area contributed by atoms with Crippen molar-refractivity contribution in [2.45, 2.75) is 17.4 Å². The third-order valence-corrected chi connectivity index (χ3v) is 1.84. The molecule has 0 bridgehead atoms. The smallest absolute Gasteiger partial charge is 0.0813 e. The van der Waals surface area contributed by atoms with Crippen molar-refractivity contribution in [1.82, 2.24) is 5.32 Å². The number of halogens is 1. The lowest BCUT2D eigenvalue weighted by atomic mass is 10.4. The van der Waals surface area contributed by atoms with Crippen molar-refractivity contribution in [3.05, 3.63) is 11.8 Å². The molecule has 2 heteroatoms. The summed E-state index contributed by atoms with van der Waals surface area (Å²) >= 11 is 2.38. The Labute approximate surface area is 57.3 Å². The van der Waals surface area contributed by atoms with Gasteiger partial charge in [0.1, 0.15) is 0 Å². The van der Waals surface area contributed by atoms with Crippen molar-refractivity contribution in [2.75, 3.05) is 0 Å². The molecule has 1 aliphatic rings. The van der Waals surface area contributed by atoms with E-state index in [1.807, 2.05) is 0 Å². The van der Waals surface area contributed by atoms with Crippen LogP contribution in [-0.4, -0.2) is 4.05 Å². The molecule has 1 heterocycles. The van der Waals surface area contributed by atoms with E-state index in [1.165, 1.54) is 12.1 Å². The molecule has 1 atom stereocenters. The minimum Gasteiger partial charge on any atom is -0.377 e. The second-order valence-electron chi connectivity index (χ2n) is 1.73. The highest BCUT2D eigenvalue weighted by Gasteiger charge is 2.06. The maximum absolute atomic E-state index is 3.26. The first-order valence-corrected chi connectivity index (χ1v) is 3.61. The van der Waals surface area contributed by atoms with E-state index in [2.05, 4.69) is 40.9 Å². The summed E-state index contributed by atoms with van der Waals surface area (Å²) in [5.74, 6) is 0. The average molecular weight is 209 g/mol. The van der Waals surface area contributed by atoms with E-state index in [4.69, 9.17) is 0 Å². The van der Waals surface area contributed by atoms with Crippen LogP contribution >= 0.6 is 22.6 Å². The molecule has 1 nitrogen and oxygen atoms in total. The molecule has 0 radical (unpaired) electrons. The van der Waals surface area contributed by atoms with Gasteiger partial charge < -0.3 is 5.32 Å². The number of hydrogen-bond acceptors (Lipinski definition) is 1. The van der Waals surface area contributed by atoms with E-state index in [-0.39, 0.29) is 0 Å². The molecule has 0 saturated heterocycles. The molecule has 0 fully saturated rings. The van der Waals surface area contributed by atoms with Crippen molar-refractivity contribution in [3.63, 3.8) is 0 Å². The van der Waals surface area contributed by atoms with Gasteiger partial charge in [-0.3, -0.25) is 0 Å². The summed E-state index contributed by atoms with van der Waals surface area (Å²) in [6.45, 7) is 2.10. The SMILES string of the molecule is CC1=CCC(I)N1. The first-order chi connectivity index (χ1) is 3.29. The Morgan fingerprint density at radius 1 is 2.00 bits per heavy atom. The van der Waals surface area contributed by atoms with Gasteiger partial charge in [-0.05, 0) is 13.3 Å². The molecule has 0 amide bonds. The molecule has 1 rings (SSSR count). The van der Waals surface area contributed by atoms with E-state index in [1.54, 1.807) is 0 Å². The Hall–Kier alpha value is 0.270. The number of alkyl halides is 1. The zero-order valence-electron chi connectivity index (χ0n) is 4.24. The largest absolute Gasteiger partial charge is 0.377 e. The fourth-order valence-corrected chi connectivity index (χ4v) is 1.39. The summed E-state index contributed by atoms with van der Waals surface area (Å²) in [4.78, 5) is 0. The first kappa shape index (κ1) is 5.41. The van der Waals surface area contributed by atoms with Gasteiger partial charge in [0.25, 0.3) is 0 Å². The van der Waals surface area contributed by atoms with Gasteiger partial charge in [-0.15, -0.1) is 0 Å². The molecular weight excluding hydrogens is 201 g/mol. The zero-order chi connectivity index (χ0) is 5.28. The second kappa shape index (κ2) is 2.03. The van der Waals surface area contributed by atoms with E-state index in [9.17, 15) is 0 Å². The molecule has 0 aromatic carbocycles. The van der Waals surface area contributed by atoms with Gasteiger partial charge in [0.2, 0.25) is 0 Å². The third kappa shape index (κ3) is 1.33. The average Bonchev–Trinajstić information content (AvgIpc) is 1.87. The summed E-state index contributed by atoms with van der Waals surface area (Å²) in [5.41, 5.74) is 1.32. The highest BCUT2D eigenvalue weighted by molar-refractivity contribution is 14.1. The lowest BCUT2D eigenvalue weighted by molar-refractivity contribution is 0.845. The van der Waals surface area contributed by atoms with Crippen LogP contribution in [0.4, 0.5) is 0 Å². The maximum atomic E-state index is 3.26. The van der Waals surface area contributed by atoms with Gasteiger partial charge in [0.15, 0.2) is 0 Å². The summed E-state index contributed by atoms with van der Waals surface area (Å²) in [5, 5.41) is 3.26. The van der Waals surface area contributed by atoms with E-state index >= 15 is 0 Å². The van der Waals surface area contributed by atoms with Crippen LogP contribution in [0.25, 0.3) is 0 Å². The minimum atomic E-state index is 0.651. The van der Waals surface area contributed by atoms with Gasteiger partial charge in [-0.2, -0.15) is 0 Å². The van der Waals surface area contributed by atoms with Crippen LogP contribution in [0.15, 0.2) is 11.8 Å². The van der Waals surface area contributed by atoms with E-state index in [0.29, 0.717) is 4.05 Å². The van der Waals surface area contributed by atoms with Gasteiger partial charge >= 0.3 is 0 Å². The van der Waals surface area contributed by atoms with Gasteiger partial charge in [0.05, 0.1) is 4.05 Å². The molecule has 1 aliphatic heterocycles. The first-order valence-electron chi connectivity index (χ1n) is 2.36. The third-order valence-electron chi connectivity index (χ3n) is 1.02. The minimum absolute atomic E-state index is 0.651. The van der Waals surface area contributed by atoms with E-state index < -0.39 is 0 Å². The quantitative estimate of drug-likeness (QED) is 0.363. The van der Waals surface area contributed by atoms with Crippen LogP contribution in [0.3, 0.4) is 0 Å². The lowest BCUT2D eigenvalue weighted by Crippen LogP contribution is -2.12. The highest BCUT2D eigenvalue weighted by atomic mass is 127. The second-order valence-corrected chi connectivity index (χ2v) is 3.24. The highest BCUT2D eigenvalue weighted by Crippen LogP contribution is 2.12.